The number of nitrogens with zero attached hydrogens (tertiary/aromatic N) is 4. The van der Waals surface area contributed by atoms with Crippen LogP contribution in [0.4, 0.5) is 0 Å². The fourth-order valence-electron chi connectivity index (χ4n) is 3.28. The zero-order chi connectivity index (χ0) is 17.1. The number of fused-ring (bicyclic) bond motifs is 6. The quantitative estimate of drug-likeness (QED) is 0.431. The van der Waals surface area contributed by atoms with Crippen LogP contribution >= 0.6 is 0 Å². The molecule has 0 spiro atoms. The highest BCUT2D eigenvalue weighted by molar-refractivity contribution is 6.04. The summed E-state index contributed by atoms with van der Waals surface area (Å²) in [5.74, 6) is 0.583. The van der Waals surface area contributed by atoms with Crippen molar-refractivity contribution in [3.8, 4) is 11.4 Å². The van der Waals surface area contributed by atoms with Gasteiger partial charge in [0.2, 0.25) is 11.4 Å². The average Bonchev–Trinajstić information content (AvgIpc) is 3.24. The van der Waals surface area contributed by atoms with Crippen molar-refractivity contribution >= 4 is 44.3 Å². The van der Waals surface area contributed by atoms with Crippen LogP contribution in [0.1, 0.15) is 0 Å². The maximum absolute atomic E-state index is 5.86. The first-order valence-corrected chi connectivity index (χ1v) is 8.15. The third-order valence-corrected chi connectivity index (χ3v) is 4.50. The van der Waals surface area contributed by atoms with Gasteiger partial charge in [-0.25, -0.2) is 15.0 Å². The molecule has 0 fully saturated rings. The van der Waals surface area contributed by atoms with Crippen molar-refractivity contribution in [3.05, 3.63) is 61.1 Å². The lowest BCUT2D eigenvalue weighted by Crippen LogP contribution is -1.88. The van der Waals surface area contributed by atoms with Crippen LogP contribution in [0.15, 0.2) is 69.9 Å². The lowest BCUT2D eigenvalue weighted by Gasteiger charge is -1.99. The van der Waals surface area contributed by atoms with Crippen LogP contribution in [-0.2, 0) is 0 Å². The number of benzene rings is 2. The Labute approximate surface area is 146 Å². The number of rotatable bonds is 1. The largest absolute Gasteiger partial charge is 0.438 e. The fourth-order valence-corrected chi connectivity index (χ4v) is 3.28. The molecule has 6 rings (SSSR count). The van der Waals surface area contributed by atoms with Crippen LogP contribution in [-0.4, -0.2) is 19.9 Å². The first-order chi connectivity index (χ1) is 12.9. The Morgan fingerprint density at radius 3 is 2.58 bits per heavy atom. The third-order valence-electron chi connectivity index (χ3n) is 4.50. The lowest BCUT2D eigenvalue weighted by atomic mass is 10.1. The van der Waals surface area contributed by atoms with E-state index < -0.39 is 0 Å². The number of hydrogen-bond acceptors (Lipinski definition) is 6. The van der Waals surface area contributed by atoms with Crippen LogP contribution < -0.4 is 0 Å². The Morgan fingerprint density at radius 1 is 0.692 bits per heavy atom. The molecule has 0 unspecified atom stereocenters. The summed E-state index contributed by atoms with van der Waals surface area (Å²) >= 11 is 0. The molecule has 0 saturated heterocycles. The van der Waals surface area contributed by atoms with E-state index in [2.05, 4.69) is 19.9 Å². The monoisotopic (exact) mass is 338 g/mol. The van der Waals surface area contributed by atoms with Gasteiger partial charge in [-0.2, -0.15) is 4.98 Å². The molecule has 0 amide bonds. The summed E-state index contributed by atoms with van der Waals surface area (Å²) in [5, 5.41) is 2.84. The molecule has 0 radical (unpaired) electrons. The molecular formula is C20H10N4O2. The Balaban J connectivity index is 1.57. The second-order valence-corrected chi connectivity index (χ2v) is 6.03. The number of hydrogen-bond donors (Lipinski definition) is 0. The second kappa shape index (κ2) is 4.86. The minimum absolute atomic E-state index is 0.522. The number of furan rings is 2. The van der Waals surface area contributed by atoms with Gasteiger partial charge < -0.3 is 8.83 Å². The molecule has 122 valence electrons. The summed E-state index contributed by atoms with van der Waals surface area (Å²) in [6.07, 6.45) is 5.07. The van der Waals surface area contributed by atoms with Crippen LogP contribution in [0.2, 0.25) is 0 Å². The molecule has 0 N–H and O–H groups in total. The Hall–Kier alpha value is -3.80. The van der Waals surface area contributed by atoms with Gasteiger partial charge in [0.25, 0.3) is 0 Å². The van der Waals surface area contributed by atoms with Crippen molar-refractivity contribution in [2.75, 3.05) is 0 Å². The van der Waals surface area contributed by atoms with E-state index >= 15 is 0 Å². The molecule has 2 aromatic carbocycles. The van der Waals surface area contributed by atoms with Crippen molar-refractivity contribution in [2.45, 2.75) is 0 Å². The molecule has 0 saturated carbocycles. The van der Waals surface area contributed by atoms with E-state index in [1.807, 2.05) is 42.5 Å². The van der Waals surface area contributed by atoms with E-state index in [4.69, 9.17) is 8.83 Å². The van der Waals surface area contributed by atoms with E-state index in [0.29, 0.717) is 22.8 Å². The smallest absolute Gasteiger partial charge is 0.246 e. The Bertz CT molecular complexity index is 1340. The molecule has 0 aliphatic heterocycles. The minimum atomic E-state index is 0.522. The Kier molecular flexibility index (Phi) is 2.52. The normalized spacial score (nSPS) is 11.8. The summed E-state index contributed by atoms with van der Waals surface area (Å²) in [6, 6.07) is 13.7. The van der Waals surface area contributed by atoms with Gasteiger partial charge >= 0.3 is 0 Å². The summed E-state index contributed by atoms with van der Waals surface area (Å²) in [6.45, 7) is 0. The zero-order valence-corrected chi connectivity index (χ0v) is 13.4. The molecule has 4 aromatic heterocycles. The molecular weight excluding hydrogens is 328 g/mol. The summed E-state index contributed by atoms with van der Waals surface area (Å²) in [5.41, 5.74) is 4.20. The molecule has 6 nitrogen and oxygen atoms in total. The lowest BCUT2D eigenvalue weighted by molar-refractivity contribution is 0.651. The maximum atomic E-state index is 5.86. The van der Waals surface area contributed by atoms with E-state index in [9.17, 15) is 0 Å². The second-order valence-electron chi connectivity index (χ2n) is 6.03. The molecule has 0 atom stereocenters. The van der Waals surface area contributed by atoms with Crippen molar-refractivity contribution in [1.82, 2.24) is 19.9 Å². The predicted octanol–water partition coefficient (Wildman–Crippen LogP) is 4.73. The van der Waals surface area contributed by atoms with E-state index in [1.165, 1.54) is 0 Å². The topological polar surface area (TPSA) is 77.8 Å². The van der Waals surface area contributed by atoms with Gasteiger partial charge in [-0.3, -0.25) is 0 Å². The van der Waals surface area contributed by atoms with Gasteiger partial charge in [0, 0.05) is 34.9 Å². The average molecular weight is 338 g/mol. The van der Waals surface area contributed by atoms with Gasteiger partial charge in [0.05, 0.1) is 5.39 Å². The van der Waals surface area contributed by atoms with E-state index in [1.54, 1.807) is 18.6 Å². The molecule has 26 heavy (non-hydrogen) atoms. The molecule has 0 bridgehead atoms. The Morgan fingerprint density at radius 2 is 1.58 bits per heavy atom. The summed E-state index contributed by atoms with van der Waals surface area (Å²) in [7, 11) is 0. The fraction of sp³-hybridized carbons (Fsp3) is 0. The van der Waals surface area contributed by atoms with Crippen molar-refractivity contribution in [2.24, 2.45) is 0 Å². The first kappa shape index (κ1) is 13.5. The van der Waals surface area contributed by atoms with Crippen LogP contribution in [0.25, 0.3) is 55.7 Å². The zero-order valence-electron chi connectivity index (χ0n) is 13.4. The molecule has 0 aliphatic rings. The van der Waals surface area contributed by atoms with Crippen LogP contribution in [0.3, 0.4) is 0 Å². The van der Waals surface area contributed by atoms with Crippen molar-refractivity contribution in [1.29, 1.82) is 0 Å². The van der Waals surface area contributed by atoms with Crippen LogP contribution in [0.5, 0.6) is 0 Å². The standard InChI is InChI=1S/C20H10N4O2/c1-2-4-15-12(3-1)14-10-23-18(24-19(14)25-15)11-5-6-13-16(9-11)26-20-17(13)21-7-8-22-20/h1-10H. The van der Waals surface area contributed by atoms with Gasteiger partial charge in [-0.15, -0.1) is 0 Å². The first-order valence-electron chi connectivity index (χ1n) is 8.15. The molecule has 4 heterocycles. The van der Waals surface area contributed by atoms with Gasteiger partial charge in [-0.1, -0.05) is 24.3 Å². The van der Waals surface area contributed by atoms with Gasteiger partial charge in [0.1, 0.15) is 16.7 Å². The van der Waals surface area contributed by atoms with Crippen LogP contribution in [0, 0.1) is 0 Å². The summed E-state index contributed by atoms with van der Waals surface area (Å²) < 4.78 is 11.7. The molecule has 6 heteroatoms. The van der Waals surface area contributed by atoms with E-state index in [0.717, 1.165) is 32.8 Å². The SMILES string of the molecule is c1ccc2c(c1)oc1nc(-c3ccc4c(c3)oc3nccnc34)ncc12. The number of para-hydroxylation sites is 1. The van der Waals surface area contributed by atoms with Crippen molar-refractivity contribution < 1.29 is 8.83 Å². The highest BCUT2D eigenvalue weighted by Gasteiger charge is 2.13. The third kappa shape index (κ3) is 1.81. The van der Waals surface area contributed by atoms with Crippen molar-refractivity contribution in [3.63, 3.8) is 0 Å². The highest BCUT2D eigenvalue weighted by Crippen LogP contribution is 2.31. The molecule has 0 aliphatic carbocycles. The minimum Gasteiger partial charge on any atom is -0.438 e. The van der Waals surface area contributed by atoms with E-state index in [-0.39, 0.29) is 0 Å². The summed E-state index contributed by atoms with van der Waals surface area (Å²) in [4.78, 5) is 17.7. The highest BCUT2D eigenvalue weighted by atomic mass is 16.3. The predicted molar refractivity (Wildman–Crippen MR) is 97.6 cm³/mol. The number of aromatic nitrogens is 4. The van der Waals surface area contributed by atoms with Gasteiger partial charge in [0.15, 0.2) is 5.82 Å². The molecule has 6 aromatic rings. The maximum Gasteiger partial charge on any atom is 0.246 e. The van der Waals surface area contributed by atoms with Gasteiger partial charge in [-0.05, 0) is 18.2 Å².